The Kier molecular flexibility index (Phi) is 2.55. The quantitative estimate of drug-likeness (QED) is 0.452. The average molecular weight is 238 g/mol. The van der Waals surface area contributed by atoms with Gasteiger partial charge in [0.05, 0.1) is 7.11 Å². The summed E-state index contributed by atoms with van der Waals surface area (Å²) in [5, 5.41) is 4.59. The van der Waals surface area contributed by atoms with E-state index in [0.29, 0.717) is 10.8 Å². The van der Waals surface area contributed by atoms with Crippen molar-refractivity contribution >= 4 is 24.4 Å². The van der Waals surface area contributed by atoms with Gasteiger partial charge in [0.25, 0.3) is 11.6 Å². The van der Waals surface area contributed by atoms with E-state index in [9.17, 15) is 4.79 Å². The van der Waals surface area contributed by atoms with E-state index in [1.165, 1.54) is 11.6 Å². The Hall–Kier alpha value is -1.63. The molecular formula is C9H10N4O2S. The number of carbonyl (C=O) groups is 1. The molecule has 0 amide bonds. The van der Waals surface area contributed by atoms with Gasteiger partial charge in [0.1, 0.15) is 5.03 Å². The van der Waals surface area contributed by atoms with E-state index < -0.39 is 5.97 Å². The monoisotopic (exact) mass is 238 g/mol. The van der Waals surface area contributed by atoms with E-state index in [2.05, 4.69) is 32.4 Å². The zero-order chi connectivity index (χ0) is 11.9. The highest BCUT2D eigenvalue weighted by Crippen LogP contribution is 2.16. The fourth-order valence-corrected chi connectivity index (χ4v) is 1.55. The van der Waals surface area contributed by atoms with Gasteiger partial charge in [-0.15, -0.1) is 17.7 Å². The van der Waals surface area contributed by atoms with E-state index in [-0.39, 0.29) is 5.82 Å². The minimum absolute atomic E-state index is 0.0182. The minimum atomic E-state index is -0.589. The number of fused-ring (bicyclic) bond motifs is 1. The molecule has 0 aromatic carbocycles. The number of thiol groups is 1. The first kappa shape index (κ1) is 10.9. The highest BCUT2D eigenvalue weighted by Gasteiger charge is 2.16. The maximum atomic E-state index is 11.3. The van der Waals surface area contributed by atoms with Crippen LogP contribution in [-0.2, 0) is 4.74 Å². The standard InChI is InChI=1S/C9H10N4O2S/c1-4-5(2)10-9-11-6(8(14)15-3)12-13(9)7(4)16/h16H,1-3H3. The molecule has 0 aliphatic heterocycles. The first-order chi connectivity index (χ1) is 7.54. The van der Waals surface area contributed by atoms with Crippen LogP contribution >= 0.6 is 12.6 Å². The van der Waals surface area contributed by atoms with Crippen molar-refractivity contribution in [2.75, 3.05) is 7.11 Å². The van der Waals surface area contributed by atoms with Gasteiger partial charge in [0.2, 0.25) is 0 Å². The van der Waals surface area contributed by atoms with Crippen molar-refractivity contribution in [3.05, 3.63) is 17.1 Å². The fraction of sp³-hybridized carbons (Fsp3) is 0.333. The molecule has 0 aliphatic rings. The van der Waals surface area contributed by atoms with Crippen molar-refractivity contribution < 1.29 is 9.53 Å². The molecule has 2 aromatic heterocycles. The van der Waals surface area contributed by atoms with Gasteiger partial charge in [-0.2, -0.15) is 9.50 Å². The van der Waals surface area contributed by atoms with Crippen molar-refractivity contribution in [1.29, 1.82) is 0 Å². The third-order valence-electron chi connectivity index (χ3n) is 2.30. The van der Waals surface area contributed by atoms with Crippen LogP contribution in [-0.4, -0.2) is 32.7 Å². The molecule has 6 nitrogen and oxygen atoms in total. The number of carbonyl (C=O) groups excluding carboxylic acids is 1. The predicted octanol–water partition coefficient (Wildman–Crippen LogP) is 0.816. The molecule has 84 valence electrons. The summed E-state index contributed by atoms with van der Waals surface area (Å²) in [6, 6.07) is 0. The molecule has 16 heavy (non-hydrogen) atoms. The molecule has 0 saturated carbocycles. The van der Waals surface area contributed by atoms with Crippen LogP contribution in [0.5, 0.6) is 0 Å². The third kappa shape index (κ3) is 1.53. The second kappa shape index (κ2) is 3.75. The van der Waals surface area contributed by atoms with Crippen molar-refractivity contribution in [2.45, 2.75) is 18.9 Å². The highest BCUT2D eigenvalue weighted by molar-refractivity contribution is 7.80. The largest absolute Gasteiger partial charge is 0.463 e. The predicted molar refractivity (Wildman–Crippen MR) is 58.8 cm³/mol. The maximum absolute atomic E-state index is 11.3. The van der Waals surface area contributed by atoms with Crippen LogP contribution in [0.15, 0.2) is 5.03 Å². The summed E-state index contributed by atoms with van der Waals surface area (Å²) in [5.41, 5.74) is 1.71. The molecule has 0 radical (unpaired) electrons. The van der Waals surface area contributed by atoms with E-state index in [1.54, 1.807) is 0 Å². The van der Waals surface area contributed by atoms with Gasteiger partial charge in [-0.1, -0.05) is 0 Å². The van der Waals surface area contributed by atoms with Gasteiger partial charge in [0.15, 0.2) is 0 Å². The second-order valence-corrected chi connectivity index (χ2v) is 3.71. The van der Waals surface area contributed by atoms with E-state index >= 15 is 0 Å². The lowest BCUT2D eigenvalue weighted by molar-refractivity contribution is 0.0587. The average Bonchev–Trinajstić information content (AvgIpc) is 2.69. The molecule has 7 heteroatoms. The lowest BCUT2D eigenvalue weighted by Gasteiger charge is -2.03. The summed E-state index contributed by atoms with van der Waals surface area (Å²) in [7, 11) is 1.28. The van der Waals surface area contributed by atoms with Crippen molar-refractivity contribution in [2.24, 2.45) is 0 Å². The molecule has 2 rings (SSSR count). The van der Waals surface area contributed by atoms with Crippen LogP contribution in [0.3, 0.4) is 0 Å². The Morgan fingerprint density at radius 3 is 2.69 bits per heavy atom. The summed E-state index contributed by atoms with van der Waals surface area (Å²) < 4.78 is 5.95. The van der Waals surface area contributed by atoms with E-state index in [0.717, 1.165) is 11.3 Å². The van der Waals surface area contributed by atoms with Crippen LogP contribution in [0.1, 0.15) is 21.9 Å². The maximum Gasteiger partial charge on any atom is 0.378 e. The van der Waals surface area contributed by atoms with Gasteiger partial charge in [-0.3, -0.25) is 0 Å². The summed E-state index contributed by atoms with van der Waals surface area (Å²) in [6.45, 7) is 3.73. The molecule has 0 unspecified atom stereocenters. The molecule has 0 fully saturated rings. The van der Waals surface area contributed by atoms with Crippen LogP contribution < -0.4 is 0 Å². The smallest absolute Gasteiger partial charge is 0.378 e. The van der Waals surface area contributed by atoms with E-state index in [1.807, 2.05) is 13.8 Å². The van der Waals surface area contributed by atoms with Crippen LogP contribution in [0.4, 0.5) is 0 Å². The number of methoxy groups -OCH3 is 1. The highest BCUT2D eigenvalue weighted by atomic mass is 32.1. The van der Waals surface area contributed by atoms with E-state index in [4.69, 9.17) is 0 Å². The number of ether oxygens (including phenoxy) is 1. The van der Waals surface area contributed by atoms with Crippen LogP contribution in [0.25, 0.3) is 5.78 Å². The normalized spacial score (nSPS) is 10.8. The topological polar surface area (TPSA) is 69.4 Å². The summed E-state index contributed by atoms with van der Waals surface area (Å²) >= 11 is 4.31. The first-order valence-corrected chi connectivity index (χ1v) is 5.00. The molecule has 2 aromatic rings. The third-order valence-corrected chi connectivity index (χ3v) is 2.83. The van der Waals surface area contributed by atoms with Gasteiger partial charge in [0, 0.05) is 11.3 Å². The summed E-state index contributed by atoms with van der Waals surface area (Å²) in [5.74, 6) is -0.266. The Morgan fingerprint density at radius 2 is 2.06 bits per heavy atom. The Morgan fingerprint density at radius 1 is 1.38 bits per heavy atom. The molecule has 2 heterocycles. The van der Waals surface area contributed by atoms with Gasteiger partial charge >= 0.3 is 5.97 Å². The lowest BCUT2D eigenvalue weighted by Crippen LogP contribution is -2.04. The Bertz CT molecular complexity index is 578. The number of hydrogen-bond donors (Lipinski definition) is 1. The van der Waals surface area contributed by atoms with Crippen molar-refractivity contribution in [1.82, 2.24) is 19.6 Å². The summed E-state index contributed by atoms with van der Waals surface area (Å²) in [4.78, 5) is 19.4. The fourth-order valence-electron chi connectivity index (χ4n) is 1.25. The Labute approximate surface area is 97.1 Å². The van der Waals surface area contributed by atoms with Crippen molar-refractivity contribution in [3.63, 3.8) is 0 Å². The number of esters is 1. The van der Waals surface area contributed by atoms with Crippen LogP contribution in [0, 0.1) is 13.8 Å². The molecule has 0 bridgehead atoms. The number of hydrogen-bond acceptors (Lipinski definition) is 6. The van der Waals surface area contributed by atoms with Gasteiger partial charge in [-0.05, 0) is 13.8 Å². The first-order valence-electron chi connectivity index (χ1n) is 4.56. The lowest BCUT2D eigenvalue weighted by atomic mass is 10.3. The number of rotatable bonds is 1. The summed E-state index contributed by atoms with van der Waals surface area (Å²) in [6.07, 6.45) is 0. The molecule has 0 N–H and O–H groups in total. The number of aromatic nitrogens is 4. The number of nitrogens with zero attached hydrogens (tertiary/aromatic N) is 4. The second-order valence-electron chi connectivity index (χ2n) is 3.28. The van der Waals surface area contributed by atoms with Crippen LogP contribution in [0.2, 0.25) is 0 Å². The molecule has 0 aliphatic carbocycles. The van der Waals surface area contributed by atoms with Gasteiger partial charge in [-0.25, -0.2) is 9.78 Å². The zero-order valence-corrected chi connectivity index (χ0v) is 9.95. The van der Waals surface area contributed by atoms with Crippen molar-refractivity contribution in [3.8, 4) is 0 Å². The SMILES string of the molecule is COC(=O)c1nc2nc(C)c(C)c(S)n2n1. The zero-order valence-electron chi connectivity index (χ0n) is 9.05. The molecule has 0 spiro atoms. The Balaban J connectivity index is 2.71. The molecule has 0 atom stereocenters. The minimum Gasteiger partial charge on any atom is -0.463 e. The van der Waals surface area contributed by atoms with Gasteiger partial charge < -0.3 is 4.74 Å². The number of aryl methyl sites for hydroxylation is 1. The molecule has 0 saturated heterocycles. The molecular weight excluding hydrogens is 228 g/mol.